The largest absolute Gasteiger partial charge is 0.454 e. The van der Waals surface area contributed by atoms with Crippen LogP contribution in [-0.4, -0.2) is 38.6 Å². The van der Waals surface area contributed by atoms with Crippen LogP contribution < -0.4 is 5.69 Å². The van der Waals surface area contributed by atoms with Crippen molar-refractivity contribution < 1.29 is 19.1 Å². The minimum Gasteiger partial charge on any atom is -0.454 e. The lowest BCUT2D eigenvalue weighted by Gasteiger charge is -2.12. The average molecular weight is 411 g/mol. The first-order valence-electron chi connectivity index (χ1n) is 9.82. The van der Waals surface area contributed by atoms with Crippen LogP contribution in [0.15, 0.2) is 23.0 Å². The van der Waals surface area contributed by atoms with Gasteiger partial charge in [0.1, 0.15) is 0 Å². The number of rotatable bonds is 8. The van der Waals surface area contributed by atoms with Gasteiger partial charge < -0.3 is 19.7 Å². The second-order valence-electron chi connectivity index (χ2n) is 7.49. The first-order valence-corrected chi connectivity index (χ1v) is 9.82. The number of aromatic nitrogens is 3. The molecule has 0 aliphatic carbocycles. The Balaban J connectivity index is 1.55. The first kappa shape index (κ1) is 21.3. The van der Waals surface area contributed by atoms with Crippen LogP contribution >= 0.6 is 0 Å². The zero-order valence-electron chi connectivity index (χ0n) is 17.5. The number of benzene rings is 1. The monoisotopic (exact) mass is 411 g/mol. The molecule has 0 radical (unpaired) electrons. The van der Waals surface area contributed by atoms with E-state index < -0.39 is 12.1 Å². The second-order valence-corrected chi connectivity index (χ2v) is 7.49. The van der Waals surface area contributed by atoms with E-state index in [-0.39, 0.29) is 23.7 Å². The number of ether oxygens (including phenoxy) is 1. The summed E-state index contributed by atoms with van der Waals surface area (Å²) >= 11 is 0. The standard InChI is InChI=1S/C22H25N3O5/c1-11-19(13(3)26)12(2)23-20(11)21(28)14(4)30-18(27)7-5-6-15-8-9-16-17(10-15)25-22(29)24-16/h8-10,14,23H,5-7H2,1-4H3,(H2,24,25,29). The first-order chi connectivity index (χ1) is 14.2. The molecule has 0 aliphatic heterocycles. The molecule has 0 aliphatic rings. The minimum absolute atomic E-state index is 0.119. The molecule has 0 saturated carbocycles. The summed E-state index contributed by atoms with van der Waals surface area (Å²) in [5, 5.41) is 0. The number of hydrogen-bond donors (Lipinski definition) is 3. The lowest BCUT2D eigenvalue weighted by Crippen LogP contribution is -2.25. The lowest BCUT2D eigenvalue weighted by molar-refractivity contribution is -0.146. The Morgan fingerprint density at radius 2 is 1.77 bits per heavy atom. The van der Waals surface area contributed by atoms with E-state index in [0.717, 1.165) is 16.6 Å². The molecule has 30 heavy (non-hydrogen) atoms. The highest BCUT2D eigenvalue weighted by Gasteiger charge is 2.25. The summed E-state index contributed by atoms with van der Waals surface area (Å²) in [5.41, 5.74) is 4.19. The van der Waals surface area contributed by atoms with Crippen LogP contribution in [0.3, 0.4) is 0 Å². The summed E-state index contributed by atoms with van der Waals surface area (Å²) in [4.78, 5) is 56.2. The highest BCUT2D eigenvalue weighted by Crippen LogP contribution is 2.21. The van der Waals surface area contributed by atoms with Gasteiger partial charge >= 0.3 is 11.7 Å². The molecule has 158 valence electrons. The number of carbonyl (C=O) groups is 3. The fraction of sp³-hybridized carbons (Fsp3) is 0.364. The summed E-state index contributed by atoms with van der Waals surface area (Å²) in [6, 6.07) is 5.58. The fourth-order valence-electron chi connectivity index (χ4n) is 3.71. The van der Waals surface area contributed by atoms with Gasteiger partial charge in [-0.3, -0.25) is 14.4 Å². The van der Waals surface area contributed by atoms with Crippen molar-refractivity contribution in [3.63, 3.8) is 0 Å². The lowest BCUT2D eigenvalue weighted by atomic mass is 10.0. The predicted molar refractivity (Wildman–Crippen MR) is 112 cm³/mol. The van der Waals surface area contributed by atoms with Crippen LogP contribution in [0.25, 0.3) is 11.0 Å². The topological polar surface area (TPSA) is 125 Å². The molecule has 1 aromatic carbocycles. The van der Waals surface area contributed by atoms with Crippen LogP contribution in [0, 0.1) is 13.8 Å². The summed E-state index contributed by atoms with van der Waals surface area (Å²) in [5.74, 6) is -0.940. The van der Waals surface area contributed by atoms with E-state index in [1.54, 1.807) is 13.8 Å². The van der Waals surface area contributed by atoms with E-state index in [4.69, 9.17) is 4.74 Å². The third-order valence-corrected chi connectivity index (χ3v) is 5.14. The number of ketones is 2. The maximum atomic E-state index is 12.7. The molecular weight excluding hydrogens is 386 g/mol. The van der Waals surface area contributed by atoms with Crippen molar-refractivity contribution in [1.82, 2.24) is 15.0 Å². The second kappa shape index (κ2) is 8.52. The number of aromatic amines is 3. The van der Waals surface area contributed by atoms with Crippen molar-refractivity contribution in [2.24, 2.45) is 0 Å². The van der Waals surface area contributed by atoms with Gasteiger partial charge in [-0.1, -0.05) is 6.07 Å². The van der Waals surface area contributed by atoms with E-state index in [1.165, 1.54) is 13.8 Å². The number of H-pyrrole nitrogens is 3. The number of imidazole rings is 1. The molecule has 1 atom stereocenters. The maximum Gasteiger partial charge on any atom is 0.323 e. The van der Waals surface area contributed by atoms with E-state index >= 15 is 0 Å². The Hall–Kier alpha value is -3.42. The molecule has 3 rings (SSSR count). The molecule has 8 nitrogen and oxygen atoms in total. The molecule has 0 spiro atoms. The normalized spacial score (nSPS) is 12.1. The van der Waals surface area contributed by atoms with Crippen LogP contribution in [0.5, 0.6) is 0 Å². The van der Waals surface area contributed by atoms with Crippen LogP contribution in [0.2, 0.25) is 0 Å². The van der Waals surface area contributed by atoms with Crippen molar-refractivity contribution in [3.05, 3.63) is 56.8 Å². The van der Waals surface area contributed by atoms with Crippen molar-refractivity contribution in [2.75, 3.05) is 0 Å². The van der Waals surface area contributed by atoms with Gasteiger partial charge in [0, 0.05) is 17.7 Å². The van der Waals surface area contributed by atoms with Crippen LogP contribution in [-0.2, 0) is 16.0 Å². The fourth-order valence-corrected chi connectivity index (χ4v) is 3.71. The summed E-state index contributed by atoms with van der Waals surface area (Å²) in [7, 11) is 0. The number of hydrogen-bond acceptors (Lipinski definition) is 5. The molecule has 3 N–H and O–H groups in total. The molecule has 3 aromatic rings. The van der Waals surface area contributed by atoms with Crippen LogP contribution in [0.1, 0.15) is 64.4 Å². The summed E-state index contributed by atoms with van der Waals surface area (Å²) < 4.78 is 5.30. The molecule has 0 fully saturated rings. The minimum atomic E-state index is -0.949. The Morgan fingerprint density at radius 1 is 1.07 bits per heavy atom. The Labute approximate surface area is 173 Å². The smallest absolute Gasteiger partial charge is 0.323 e. The van der Waals surface area contributed by atoms with Crippen molar-refractivity contribution >= 4 is 28.6 Å². The zero-order chi connectivity index (χ0) is 22.0. The molecule has 8 heteroatoms. The number of fused-ring (bicyclic) bond motifs is 1. The van der Waals surface area contributed by atoms with Gasteiger partial charge in [-0.15, -0.1) is 0 Å². The number of Topliss-reactive ketones (excluding diaryl/α,β-unsaturated/α-hetero) is 2. The van der Waals surface area contributed by atoms with E-state index in [0.29, 0.717) is 35.4 Å². The zero-order valence-corrected chi connectivity index (χ0v) is 17.5. The van der Waals surface area contributed by atoms with Crippen molar-refractivity contribution in [3.8, 4) is 0 Å². The number of carbonyl (C=O) groups excluding carboxylic acids is 3. The number of nitrogens with one attached hydrogen (secondary N) is 3. The maximum absolute atomic E-state index is 12.7. The molecular formula is C22H25N3O5. The van der Waals surface area contributed by atoms with Gasteiger partial charge in [-0.05, 0) is 63.8 Å². The van der Waals surface area contributed by atoms with Gasteiger partial charge in [0.15, 0.2) is 11.9 Å². The Kier molecular flexibility index (Phi) is 6.05. The summed E-state index contributed by atoms with van der Waals surface area (Å²) in [6.45, 7) is 6.42. The van der Waals surface area contributed by atoms with Gasteiger partial charge in [-0.25, -0.2) is 4.79 Å². The summed E-state index contributed by atoms with van der Waals surface area (Å²) in [6.07, 6.45) is 0.406. The van der Waals surface area contributed by atoms with Crippen molar-refractivity contribution in [2.45, 2.75) is 53.1 Å². The van der Waals surface area contributed by atoms with E-state index in [2.05, 4.69) is 15.0 Å². The molecule has 0 amide bonds. The SMILES string of the molecule is CC(=O)c1c(C)[nH]c(C(=O)C(C)OC(=O)CCCc2ccc3[nH]c(=O)[nH]c3c2)c1C. The highest BCUT2D eigenvalue weighted by atomic mass is 16.5. The predicted octanol–water partition coefficient (Wildman–Crippen LogP) is 3.14. The molecule has 2 heterocycles. The quantitative estimate of drug-likeness (QED) is 0.388. The van der Waals surface area contributed by atoms with Gasteiger partial charge in [0.25, 0.3) is 0 Å². The molecule has 2 aromatic heterocycles. The van der Waals surface area contributed by atoms with Gasteiger partial charge in [-0.2, -0.15) is 0 Å². The van der Waals surface area contributed by atoms with Crippen molar-refractivity contribution in [1.29, 1.82) is 0 Å². The van der Waals surface area contributed by atoms with E-state index in [9.17, 15) is 19.2 Å². The molecule has 0 saturated heterocycles. The highest BCUT2D eigenvalue weighted by molar-refractivity contribution is 6.05. The molecule has 0 bridgehead atoms. The third kappa shape index (κ3) is 4.42. The van der Waals surface area contributed by atoms with E-state index in [1.807, 2.05) is 18.2 Å². The third-order valence-electron chi connectivity index (χ3n) is 5.14. The Morgan fingerprint density at radius 3 is 2.43 bits per heavy atom. The number of aryl methyl sites for hydroxylation is 2. The van der Waals surface area contributed by atoms with Crippen LogP contribution in [0.4, 0.5) is 0 Å². The molecule has 1 unspecified atom stereocenters. The average Bonchev–Trinajstić information content (AvgIpc) is 3.18. The number of esters is 1. The van der Waals surface area contributed by atoms with Gasteiger partial charge in [0.2, 0.25) is 5.78 Å². The van der Waals surface area contributed by atoms with Gasteiger partial charge in [0.05, 0.1) is 16.7 Å². The Bertz CT molecular complexity index is 1180.